The SMILES string of the molecule is CN(CCCl)C(=O)c1ccc(Cl)cc1Br. The second kappa shape index (κ2) is 5.73. The predicted molar refractivity (Wildman–Crippen MR) is 66.8 cm³/mol. The molecule has 0 bridgehead atoms. The average molecular weight is 311 g/mol. The average Bonchev–Trinajstić information content (AvgIpc) is 2.17. The number of hydrogen-bond donors (Lipinski definition) is 0. The van der Waals surface area contributed by atoms with Gasteiger partial charge in [0.2, 0.25) is 0 Å². The zero-order chi connectivity index (χ0) is 11.4. The molecule has 5 heteroatoms. The summed E-state index contributed by atoms with van der Waals surface area (Å²) in [4.78, 5) is 13.4. The minimum absolute atomic E-state index is 0.0702. The molecule has 0 aliphatic rings. The summed E-state index contributed by atoms with van der Waals surface area (Å²) < 4.78 is 0.696. The van der Waals surface area contributed by atoms with Gasteiger partial charge in [-0.2, -0.15) is 0 Å². The fraction of sp³-hybridized carbons (Fsp3) is 0.300. The maximum absolute atomic E-state index is 11.9. The van der Waals surface area contributed by atoms with Gasteiger partial charge in [0.05, 0.1) is 5.56 Å². The maximum atomic E-state index is 11.9. The zero-order valence-corrected chi connectivity index (χ0v) is 11.2. The molecule has 0 spiro atoms. The Kier molecular flexibility index (Phi) is 4.90. The van der Waals surface area contributed by atoms with Gasteiger partial charge in [0, 0.05) is 29.0 Å². The Labute approximate surface area is 107 Å². The summed E-state index contributed by atoms with van der Waals surface area (Å²) in [5, 5.41) is 0.596. The van der Waals surface area contributed by atoms with Crippen molar-refractivity contribution in [2.24, 2.45) is 0 Å². The van der Waals surface area contributed by atoms with Gasteiger partial charge >= 0.3 is 0 Å². The highest BCUT2D eigenvalue weighted by atomic mass is 79.9. The van der Waals surface area contributed by atoms with Crippen LogP contribution in [-0.4, -0.2) is 30.3 Å². The second-order valence-corrected chi connectivity index (χ2v) is 4.71. The van der Waals surface area contributed by atoms with Crippen LogP contribution in [0.3, 0.4) is 0 Å². The van der Waals surface area contributed by atoms with E-state index in [4.69, 9.17) is 23.2 Å². The lowest BCUT2D eigenvalue weighted by Gasteiger charge is -2.16. The van der Waals surface area contributed by atoms with Crippen LogP contribution in [0.5, 0.6) is 0 Å². The minimum Gasteiger partial charge on any atom is -0.340 e. The fourth-order valence-electron chi connectivity index (χ4n) is 1.10. The standard InChI is InChI=1S/C10H10BrCl2NO/c1-14(5-4-12)10(15)8-3-2-7(13)6-9(8)11/h2-3,6H,4-5H2,1H3. The molecule has 0 N–H and O–H groups in total. The number of carbonyl (C=O) groups excluding carboxylic acids is 1. The number of rotatable bonds is 3. The predicted octanol–water partition coefficient (Wildman–Crippen LogP) is 3.41. The number of hydrogen-bond acceptors (Lipinski definition) is 1. The lowest BCUT2D eigenvalue weighted by molar-refractivity contribution is 0.0802. The van der Waals surface area contributed by atoms with Crippen molar-refractivity contribution in [1.29, 1.82) is 0 Å². The van der Waals surface area contributed by atoms with Crippen LogP contribution in [0.4, 0.5) is 0 Å². The largest absolute Gasteiger partial charge is 0.340 e. The van der Waals surface area contributed by atoms with Gasteiger partial charge in [0.25, 0.3) is 5.91 Å². The van der Waals surface area contributed by atoms with Gasteiger partial charge in [-0.1, -0.05) is 11.6 Å². The first-order valence-electron chi connectivity index (χ1n) is 4.32. The molecule has 0 radical (unpaired) electrons. The van der Waals surface area contributed by atoms with E-state index in [9.17, 15) is 4.79 Å². The lowest BCUT2D eigenvalue weighted by Crippen LogP contribution is -2.28. The summed E-state index contributed by atoms with van der Waals surface area (Å²) in [7, 11) is 1.71. The van der Waals surface area contributed by atoms with Gasteiger partial charge in [-0.25, -0.2) is 0 Å². The molecule has 2 nitrogen and oxygen atoms in total. The molecule has 0 fully saturated rings. The third-order valence-corrected chi connectivity index (χ3v) is 2.99. The first kappa shape index (κ1) is 12.8. The van der Waals surface area contributed by atoms with Crippen molar-refractivity contribution in [3.8, 4) is 0 Å². The van der Waals surface area contributed by atoms with E-state index in [1.54, 1.807) is 30.1 Å². The minimum atomic E-state index is -0.0702. The molecule has 1 aromatic carbocycles. The third kappa shape index (κ3) is 3.37. The number of nitrogens with zero attached hydrogens (tertiary/aromatic N) is 1. The molecule has 82 valence electrons. The van der Waals surface area contributed by atoms with Crippen LogP contribution in [0.1, 0.15) is 10.4 Å². The van der Waals surface area contributed by atoms with E-state index in [1.807, 2.05) is 0 Å². The van der Waals surface area contributed by atoms with E-state index in [0.29, 0.717) is 27.5 Å². The van der Waals surface area contributed by atoms with Crippen molar-refractivity contribution in [2.45, 2.75) is 0 Å². The summed E-state index contributed by atoms with van der Waals surface area (Å²) in [5.41, 5.74) is 0.590. The Morgan fingerprint density at radius 2 is 2.20 bits per heavy atom. The van der Waals surface area contributed by atoms with Crippen LogP contribution in [0, 0.1) is 0 Å². The molecule has 0 aliphatic heterocycles. The van der Waals surface area contributed by atoms with E-state index in [1.165, 1.54) is 0 Å². The normalized spacial score (nSPS) is 10.1. The first-order valence-corrected chi connectivity index (χ1v) is 6.03. The molecule has 15 heavy (non-hydrogen) atoms. The van der Waals surface area contributed by atoms with Crippen LogP contribution in [0.2, 0.25) is 5.02 Å². The molecule has 0 unspecified atom stereocenters. The Hall–Kier alpha value is -0.250. The van der Waals surface area contributed by atoms with E-state index in [-0.39, 0.29) is 5.91 Å². The van der Waals surface area contributed by atoms with E-state index >= 15 is 0 Å². The van der Waals surface area contributed by atoms with Crippen molar-refractivity contribution in [3.63, 3.8) is 0 Å². The molecule has 0 saturated heterocycles. The number of benzene rings is 1. The van der Waals surface area contributed by atoms with Gasteiger partial charge in [-0.05, 0) is 34.1 Å². The molecule has 1 amide bonds. The van der Waals surface area contributed by atoms with Gasteiger partial charge < -0.3 is 4.90 Å². The van der Waals surface area contributed by atoms with Crippen LogP contribution in [0.15, 0.2) is 22.7 Å². The topological polar surface area (TPSA) is 20.3 Å². The number of carbonyl (C=O) groups is 1. The highest BCUT2D eigenvalue weighted by Gasteiger charge is 2.14. The smallest absolute Gasteiger partial charge is 0.254 e. The quantitative estimate of drug-likeness (QED) is 0.783. The van der Waals surface area contributed by atoms with Gasteiger partial charge in [0.1, 0.15) is 0 Å². The number of halogens is 3. The van der Waals surface area contributed by atoms with Crippen LogP contribution >= 0.6 is 39.1 Å². The zero-order valence-electron chi connectivity index (χ0n) is 8.14. The number of alkyl halides is 1. The second-order valence-electron chi connectivity index (χ2n) is 3.04. The first-order chi connectivity index (χ1) is 7.06. The summed E-state index contributed by atoms with van der Waals surface area (Å²) in [6.45, 7) is 0.523. The molecule has 0 aromatic heterocycles. The molecular formula is C10H10BrCl2NO. The highest BCUT2D eigenvalue weighted by Crippen LogP contribution is 2.22. The van der Waals surface area contributed by atoms with Crippen molar-refractivity contribution in [2.75, 3.05) is 19.5 Å². The third-order valence-electron chi connectivity index (χ3n) is 1.93. The summed E-state index contributed by atoms with van der Waals surface area (Å²) in [6.07, 6.45) is 0. The fourth-order valence-corrected chi connectivity index (χ4v) is 2.20. The molecule has 0 heterocycles. The Bertz CT molecular complexity index is 370. The lowest BCUT2D eigenvalue weighted by atomic mass is 10.2. The molecule has 1 aromatic rings. The Morgan fingerprint density at radius 1 is 1.53 bits per heavy atom. The van der Waals surface area contributed by atoms with Crippen LogP contribution in [0.25, 0.3) is 0 Å². The van der Waals surface area contributed by atoms with Crippen molar-refractivity contribution in [3.05, 3.63) is 33.3 Å². The number of amides is 1. The molecular weight excluding hydrogens is 301 g/mol. The highest BCUT2D eigenvalue weighted by molar-refractivity contribution is 9.10. The van der Waals surface area contributed by atoms with Crippen LogP contribution < -0.4 is 0 Å². The van der Waals surface area contributed by atoms with Gasteiger partial charge in [-0.15, -0.1) is 11.6 Å². The van der Waals surface area contributed by atoms with E-state index in [2.05, 4.69) is 15.9 Å². The molecule has 0 atom stereocenters. The van der Waals surface area contributed by atoms with Crippen LogP contribution in [-0.2, 0) is 0 Å². The van der Waals surface area contributed by atoms with Crippen molar-refractivity contribution < 1.29 is 4.79 Å². The summed E-state index contributed by atoms with van der Waals surface area (Å²) in [6, 6.07) is 5.08. The summed E-state index contributed by atoms with van der Waals surface area (Å²) >= 11 is 14.7. The van der Waals surface area contributed by atoms with E-state index in [0.717, 1.165) is 0 Å². The molecule has 0 aliphatic carbocycles. The maximum Gasteiger partial charge on any atom is 0.254 e. The monoisotopic (exact) mass is 309 g/mol. The molecule has 0 saturated carbocycles. The molecule has 1 rings (SSSR count). The van der Waals surface area contributed by atoms with Crippen molar-refractivity contribution in [1.82, 2.24) is 4.90 Å². The summed E-state index contributed by atoms with van der Waals surface area (Å²) in [5.74, 6) is 0.354. The Balaban J connectivity index is 2.91. The van der Waals surface area contributed by atoms with E-state index < -0.39 is 0 Å². The van der Waals surface area contributed by atoms with Gasteiger partial charge in [-0.3, -0.25) is 4.79 Å². The van der Waals surface area contributed by atoms with Crippen molar-refractivity contribution >= 4 is 45.0 Å². The Morgan fingerprint density at radius 3 is 2.73 bits per heavy atom. The van der Waals surface area contributed by atoms with Gasteiger partial charge in [0.15, 0.2) is 0 Å².